The fourth-order valence-corrected chi connectivity index (χ4v) is 3.69. The van der Waals surface area contributed by atoms with E-state index in [0.29, 0.717) is 24.0 Å². The summed E-state index contributed by atoms with van der Waals surface area (Å²) in [5.74, 6) is 0.647. The third-order valence-corrected chi connectivity index (χ3v) is 5.09. The SMILES string of the molecule is COCCCOc1cc(C2CCC(C)(C)N2O)c(Br)cc1Cl. The second kappa shape index (κ2) is 7.49. The summed E-state index contributed by atoms with van der Waals surface area (Å²) >= 11 is 9.80. The van der Waals surface area contributed by atoms with E-state index in [0.717, 1.165) is 29.3 Å². The molecule has 2 rings (SSSR count). The van der Waals surface area contributed by atoms with Gasteiger partial charge in [0.1, 0.15) is 5.75 Å². The molecule has 1 atom stereocenters. The Morgan fingerprint density at radius 3 is 2.73 bits per heavy atom. The average Bonchev–Trinajstić information content (AvgIpc) is 2.72. The van der Waals surface area contributed by atoms with Gasteiger partial charge in [0.15, 0.2) is 0 Å². The van der Waals surface area contributed by atoms with Gasteiger partial charge >= 0.3 is 0 Å². The lowest BCUT2D eigenvalue weighted by Gasteiger charge is -2.30. The van der Waals surface area contributed by atoms with Gasteiger partial charge in [0.05, 0.1) is 17.7 Å². The minimum atomic E-state index is -0.219. The maximum atomic E-state index is 10.4. The van der Waals surface area contributed by atoms with Crippen LogP contribution in [0.1, 0.15) is 44.7 Å². The highest BCUT2D eigenvalue weighted by Gasteiger charge is 2.40. The molecule has 6 heteroatoms. The van der Waals surface area contributed by atoms with Gasteiger partial charge in [-0.15, -0.1) is 0 Å². The van der Waals surface area contributed by atoms with Crippen LogP contribution in [0.25, 0.3) is 0 Å². The molecule has 4 nitrogen and oxygen atoms in total. The van der Waals surface area contributed by atoms with Crippen molar-refractivity contribution in [2.24, 2.45) is 0 Å². The summed E-state index contributed by atoms with van der Waals surface area (Å²) in [6.07, 6.45) is 2.64. The van der Waals surface area contributed by atoms with Gasteiger partial charge in [-0.2, -0.15) is 5.06 Å². The third kappa shape index (κ3) is 3.95. The molecule has 1 aromatic rings. The standard InChI is InChI=1S/C16H23BrClNO3/c1-16(2)6-5-14(19(16)20)11-9-15(13(18)10-12(11)17)22-8-4-7-21-3/h9-10,14,20H,4-8H2,1-3H3. The van der Waals surface area contributed by atoms with Crippen molar-refractivity contribution in [2.75, 3.05) is 20.3 Å². The van der Waals surface area contributed by atoms with Gasteiger partial charge in [-0.1, -0.05) is 27.5 Å². The molecule has 22 heavy (non-hydrogen) atoms. The maximum absolute atomic E-state index is 10.4. The Bertz CT molecular complexity index is 524. The lowest BCUT2D eigenvalue weighted by Crippen LogP contribution is -2.36. The first-order valence-corrected chi connectivity index (χ1v) is 8.63. The number of methoxy groups -OCH3 is 1. The van der Waals surface area contributed by atoms with Crippen LogP contribution in [0.2, 0.25) is 5.02 Å². The Balaban J connectivity index is 2.18. The monoisotopic (exact) mass is 391 g/mol. The minimum Gasteiger partial charge on any atom is -0.492 e. The van der Waals surface area contributed by atoms with Crippen LogP contribution in [0.15, 0.2) is 16.6 Å². The molecule has 1 N–H and O–H groups in total. The summed E-state index contributed by atoms with van der Waals surface area (Å²) in [4.78, 5) is 0. The first-order valence-electron chi connectivity index (χ1n) is 7.45. The first kappa shape index (κ1) is 18.0. The van der Waals surface area contributed by atoms with Crippen molar-refractivity contribution in [3.8, 4) is 5.75 Å². The van der Waals surface area contributed by atoms with Crippen molar-refractivity contribution in [3.63, 3.8) is 0 Å². The van der Waals surface area contributed by atoms with Crippen LogP contribution in [-0.4, -0.2) is 36.1 Å². The van der Waals surface area contributed by atoms with Crippen LogP contribution in [0.4, 0.5) is 0 Å². The second-order valence-electron chi connectivity index (χ2n) is 6.21. The van der Waals surface area contributed by atoms with E-state index in [1.165, 1.54) is 5.06 Å². The smallest absolute Gasteiger partial charge is 0.138 e. The third-order valence-electron chi connectivity index (χ3n) is 4.11. The van der Waals surface area contributed by atoms with Crippen LogP contribution in [0.5, 0.6) is 5.75 Å². The molecule has 1 aliphatic rings. The summed E-state index contributed by atoms with van der Waals surface area (Å²) in [6.45, 7) is 5.29. The van der Waals surface area contributed by atoms with Crippen LogP contribution in [0.3, 0.4) is 0 Å². The van der Waals surface area contributed by atoms with Gasteiger partial charge in [-0.25, -0.2) is 0 Å². The molecule has 124 valence electrons. The number of halogens is 2. The maximum Gasteiger partial charge on any atom is 0.138 e. The van der Waals surface area contributed by atoms with E-state index < -0.39 is 0 Å². The Hall–Kier alpha value is -0.330. The Morgan fingerprint density at radius 1 is 1.41 bits per heavy atom. The highest BCUT2D eigenvalue weighted by molar-refractivity contribution is 9.10. The number of hydroxylamine groups is 2. The van der Waals surface area contributed by atoms with E-state index in [1.54, 1.807) is 7.11 Å². The molecule has 1 aliphatic heterocycles. The number of hydrogen-bond donors (Lipinski definition) is 1. The molecule has 1 aromatic carbocycles. The van der Waals surface area contributed by atoms with Crippen molar-refractivity contribution in [2.45, 2.75) is 44.7 Å². The van der Waals surface area contributed by atoms with Crippen molar-refractivity contribution in [1.29, 1.82) is 0 Å². The fraction of sp³-hybridized carbons (Fsp3) is 0.625. The summed E-state index contributed by atoms with van der Waals surface area (Å²) in [5, 5.41) is 12.4. The summed E-state index contributed by atoms with van der Waals surface area (Å²) in [5.41, 5.74) is 0.780. The van der Waals surface area contributed by atoms with Crippen LogP contribution >= 0.6 is 27.5 Å². The molecule has 0 aliphatic carbocycles. The number of ether oxygens (including phenoxy) is 2. The summed E-state index contributed by atoms with van der Waals surface area (Å²) < 4.78 is 11.7. The number of benzene rings is 1. The van der Waals surface area contributed by atoms with Crippen molar-refractivity contribution < 1.29 is 14.7 Å². The molecule has 0 aromatic heterocycles. The molecule has 1 heterocycles. The summed E-state index contributed by atoms with van der Waals surface area (Å²) in [7, 11) is 1.67. The van der Waals surface area contributed by atoms with Crippen LogP contribution in [-0.2, 0) is 4.74 Å². The Kier molecular flexibility index (Phi) is 6.14. The fourth-order valence-electron chi connectivity index (χ4n) is 2.73. The molecule has 0 spiro atoms. The zero-order valence-electron chi connectivity index (χ0n) is 13.2. The van der Waals surface area contributed by atoms with Gasteiger partial charge in [0.25, 0.3) is 0 Å². The van der Waals surface area contributed by atoms with Gasteiger partial charge in [0, 0.05) is 30.1 Å². The predicted molar refractivity (Wildman–Crippen MR) is 90.8 cm³/mol. The largest absolute Gasteiger partial charge is 0.492 e. The number of rotatable bonds is 6. The molecule has 0 amide bonds. The lowest BCUT2D eigenvalue weighted by atomic mass is 10.0. The van der Waals surface area contributed by atoms with E-state index in [9.17, 15) is 5.21 Å². The molecule has 1 fully saturated rings. The molecule has 0 saturated carbocycles. The highest BCUT2D eigenvalue weighted by atomic mass is 79.9. The first-order chi connectivity index (χ1) is 10.4. The lowest BCUT2D eigenvalue weighted by molar-refractivity contribution is -0.166. The summed E-state index contributed by atoms with van der Waals surface area (Å²) in [6, 6.07) is 3.71. The zero-order chi connectivity index (χ0) is 16.3. The molecule has 0 radical (unpaired) electrons. The Morgan fingerprint density at radius 2 is 2.14 bits per heavy atom. The molecule has 1 saturated heterocycles. The molecular formula is C16H23BrClNO3. The quantitative estimate of drug-likeness (QED) is 0.705. The average molecular weight is 393 g/mol. The zero-order valence-corrected chi connectivity index (χ0v) is 15.6. The normalized spacial score (nSPS) is 21.3. The van der Waals surface area contributed by atoms with E-state index in [-0.39, 0.29) is 11.6 Å². The van der Waals surface area contributed by atoms with E-state index in [1.807, 2.05) is 26.0 Å². The van der Waals surface area contributed by atoms with Gasteiger partial charge in [-0.05, 0) is 44.4 Å². The van der Waals surface area contributed by atoms with Crippen LogP contribution < -0.4 is 4.74 Å². The predicted octanol–water partition coefficient (Wildman–Crippen LogP) is 4.82. The molecule has 0 bridgehead atoms. The number of nitrogens with zero attached hydrogens (tertiary/aromatic N) is 1. The van der Waals surface area contributed by atoms with Gasteiger partial charge < -0.3 is 14.7 Å². The van der Waals surface area contributed by atoms with Crippen LogP contribution in [0, 0.1) is 0 Å². The molecular weight excluding hydrogens is 370 g/mol. The van der Waals surface area contributed by atoms with Crippen molar-refractivity contribution >= 4 is 27.5 Å². The van der Waals surface area contributed by atoms with Gasteiger partial charge in [0.2, 0.25) is 0 Å². The second-order valence-corrected chi connectivity index (χ2v) is 7.47. The molecule has 1 unspecified atom stereocenters. The van der Waals surface area contributed by atoms with Crippen molar-refractivity contribution in [3.05, 3.63) is 27.2 Å². The minimum absolute atomic E-state index is 0.0528. The van der Waals surface area contributed by atoms with Crippen molar-refractivity contribution in [1.82, 2.24) is 5.06 Å². The topological polar surface area (TPSA) is 41.9 Å². The highest BCUT2D eigenvalue weighted by Crippen LogP contribution is 2.45. The Labute approximate surface area is 145 Å². The van der Waals surface area contributed by atoms with E-state index in [4.69, 9.17) is 21.1 Å². The number of hydrogen-bond acceptors (Lipinski definition) is 4. The van der Waals surface area contributed by atoms with Gasteiger partial charge in [-0.3, -0.25) is 0 Å². The van der Waals surface area contributed by atoms with E-state index in [2.05, 4.69) is 15.9 Å². The van der Waals surface area contributed by atoms with E-state index >= 15 is 0 Å².